The fraction of sp³-hybridized carbons (Fsp3) is 0.211. The highest BCUT2D eigenvalue weighted by molar-refractivity contribution is 7.90. The van der Waals surface area contributed by atoms with E-state index in [-0.39, 0.29) is 33.3 Å². The first-order valence-electron chi connectivity index (χ1n) is 8.00. The van der Waals surface area contributed by atoms with Gasteiger partial charge in [0, 0.05) is 16.7 Å². The molecule has 0 radical (unpaired) electrons. The number of ether oxygens (including phenoxy) is 1. The van der Waals surface area contributed by atoms with Crippen LogP contribution < -0.4 is 4.74 Å². The fourth-order valence-corrected chi connectivity index (χ4v) is 4.26. The minimum atomic E-state index is -3.85. The fourth-order valence-electron chi connectivity index (χ4n) is 3.01. The Morgan fingerprint density at radius 1 is 1.00 bits per heavy atom. The predicted molar refractivity (Wildman–Crippen MR) is 94.2 cm³/mol. The van der Waals surface area contributed by atoms with Crippen molar-refractivity contribution in [1.29, 1.82) is 0 Å². The smallest absolute Gasteiger partial charge is 0.316 e. The van der Waals surface area contributed by atoms with Crippen LogP contribution in [0.25, 0.3) is 0 Å². The number of ketones is 1. The monoisotopic (exact) mass is 369 g/mol. The molecule has 132 valence electrons. The summed E-state index contributed by atoms with van der Waals surface area (Å²) in [5.74, 6) is -0.764. The highest BCUT2D eigenvalue weighted by atomic mass is 32.2. The molecule has 0 fully saturated rings. The molecule has 1 heterocycles. The highest BCUT2D eigenvalue weighted by Crippen LogP contribution is 2.40. The summed E-state index contributed by atoms with van der Waals surface area (Å²) < 4.78 is 34.0. The molecule has 0 saturated heterocycles. The predicted octanol–water partition coefficient (Wildman–Crippen LogP) is 2.72. The van der Waals surface area contributed by atoms with E-state index in [1.165, 1.54) is 18.2 Å². The third-order valence-corrected chi connectivity index (χ3v) is 5.64. The number of nitrogens with zero attached hydrogens (tertiary/aromatic N) is 1. The van der Waals surface area contributed by atoms with Gasteiger partial charge in [0.1, 0.15) is 5.75 Å². The van der Waals surface area contributed by atoms with Crippen LogP contribution in [0.5, 0.6) is 5.75 Å². The van der Waals surface area contributed by atoms with Crippen LogP contribution in [0.1, 0.15) is 47.8 Å². The average Bonchev–Trinajstić information content (AvgIpc) is 2.84. The van der Waals surface area contributed by atoms with Crippen LogP contribution >= 0.6 is 0 Å². The largest absolute Gasteiger partial charge is 0.425 e. The van der Waals surface area contributed by atoms with Gasteiger partial charge in [0.25, 0.3) is 10.0 Å². The maximum absolute atomic E-state index is 13.1. The lowest BCUT2D eigenvalue weighted by atomic mass is 9.83. The second-order valence-corrected chi connectivity index (χ2v) is 8.81. The van der Waals surface area contributed by atoms with Gasteiger partial charge in [-0.25, -0.2) is 0 Å². The molecule has 0 aromatic heterocycles. The van der Waals surface area contributed by atoms with Crippen LogP contribution in [0.2, 0.25) is 0 Å². The quantitative estimate of drug-likeness (QED) is 0.486. The van der Waals surface area contributed by atoms with Gasteiger partial charge in [-0.1, -0.05) is 24.3 Å². The van der Waals surface area contributed by atoms with Crippen LogP contribution in [-0.2, 0) is 14.8 Å². The van der Waals surface area contributed by atoms with Gasteiger partial charge in [0.2, 0.25) is 0 Å². The molecule has 0 spiro atoms. The number of carbonyl (C=O) groups excluding carboxylic acids is 2. The summed E-state index contributed by atoms with van der Waals surface area (Å²) >= 11 is 0. The topological polar surface area (TPSA) is 89.9 Å². The first-order valence-corrected chi connectivity index (χ1v) is 9.44. The minimum Gasteiger partial charge on any atom is -0.425 e. The van der Waals surface area contributed by atoms with Crippen molar-refractivity contribution >= 4 is 27.5 Å². The van der Waals surface area contributed by atoms with Crippen molar-refractivity contribution in [2.24, 2.45) is 9.81 Å². The number of hydrogen-bond donors (Lipinski definition) is 0. The van der Waals surface area contributed by atoms with Crippen molar-refractivity contribution in [1.82, 2.24) is 0 Å². The molecule has 7 heteroatoms. The molecule has 1 aliphatic heterocycles. The zero-order chi connectivity index (χ0) is 18.9. The lowest BCUT2D eigenvalue weighted by molar-refractivity contribution is -0.143. The van der Waals surface area contributed by atoms with Gasteiger partial charge in [0.15, 0.2) is 5.78 Å². The van der Waals surface area contributed by atoms with E-state index in [2.05, 4.69) is 4.40 Å². The number of rotatable bonds is 1. The van der Waals surface area contributed by atoms with Crippen molar-refractivity contribution in [3.8, 4) is 5.75 Å². The van der Waals surface area contributed by atoms with Crippen molar-refractivity contribution in [2.75, 3.05) is 0 Å². The van der Waals surface area contributed by atoms with Crippen molar-refractivity contribution in [3.05, 3.63) is 58.7 Å². The molecule has 0 saturated carbocycles. The van der Waals surface area contributed by atoms with Gasteiger partial charge in [-0.3, -0.25) is 9.59 Å². The molecule has 0 unspecified atom stereocenters. The van der Waals surface area contributed by atoms with E-state index in [1.807, 2.05) is 0 Å². The third-order valence-electron chi connectivity index (χ3n) is 4.32. The molecule has 0 bridgehead atoms. The molecule has 0 atom stereocenters. The number of sulfonamides is 1. The number of benzene rings is 2. The van der Waals surface area contributed by atoms with Gasteiger partial charge < -0.3 is 4.74 Å². The number of esters is 1. The molecular weight excluding hydrogens is 354 g/mol. The summed E-state index contributed by atoms with van der Waals surface area (Å²) in [4.78, 5) is 25.4. The zero-order valence-corrected chi connectivity index (χ0v) is 15.2. The second-order valence-electron chi connectivity index (χ2n) is 7.24. The maximum Gasteiger partial charge on any atom is 0.316 e. The molecular formula is C19H15NO5S. The first-order chi connectivity index (χ1) is 12.1. The summed E-state index contributed by atoms with van der Waals surface area (Å²) in [5, 5.41) is 0. The van der Waals surface area contributed by atoms with E-state index in [1.54, 1.807) is 39.0 Å². The van der Waals surface area contributed by atoms with Crippen LogP contribution in [0, 0.1) is 5.41 Å². The van der Waals surface area contributed by atoms with Gasteiger partial charge in [0.05, 0.1) is 21.6 Å². The van der Waals surface area contributed by atoms with Crippen LogP contribution in [0.15, 0.2) is 45.7 Å². The Morgan fingerprint density at radius 3 is 2.35 bits per heavy atom. The van der Waals surface area contributed by atoms with Crippen molar-refractivity contribution in [3.63, 3.8) is 0 Å². The molecule has 6 nitrogen and oxygen atoms in total. The molecule has 2 aliphatic rings. The molecule has 2 aromatic rings. The Labute approximate surface area is 150 Å². The molecule has 1 aliphatic carbocycles. The van der Waals surface area contributed by atoms with Gasteiger partial charge >= 0.3 is 5.97 Å². The Kier molecular flexibility index (Phi) is 3.27. The maximum atomic E-state index is 13.1. The van der Waals surface area contributed by atoms with E-state index in [4.69, 9.17) is 4.74 Å². The lowest BCUT2D eigenvalue weighted by Crippen LogP contribution is -2.28. The van der Waals surface area contributed by atoms with E-state index in [0.29, 0.717) is 11.1 Å². The summed E-state index contributed by atoms with van der Waals surface area (Å²) in [5.41, 5.74) is 0.554. The highest BCUT2D eigenvalue weighted by Gasteiger charge is 2.40. The third kappa shape index (κ3) is 2.24. The van der Waals surface area contributed by atoms with Crippen LogP contribution in [-0.4, -0.2) is 25.9 Å². The summed E-state index contributed by atoms with van der Waals surface area (Å²) in [6.07, 6.45) is 0. The average molecular weight is 369 g/mol. The van der Waals surface area contributed by atoms with Crippen LogP contribution in [0.3, 0.4) is 0 Å². The lowest BCUT2D eigenvalue weighted by Gasteiger charge is -2.22. The molecule has 26 heavy (non-hydrogen) atoms. The van der Waals surface area contributed by atoms with Gasteiger partial charge in [-0.2, -0.15) is 12.8 Å². The van der Waals surface area contributed by atoms with E-state index in [9.17, 15) is 18.0 Å². The summed E-state index contributed by atoms with van der Waals surface area (Å²) in [6.45, 7) is 5.13. The number of fused-ring (bicyclic) bond motifs is 2. The summed E-state index contributed by atoms with van der Waals surface area (Å²) in [7, 11) is -3.85. The normalized spacial score (nSPS) is 16.6. The Bertz CT molecular complexity index is 1140. The Balaban J connectivity index is 1.96. The first kappa shape index (κ1) is 16.7. The molecule has 0 N–H and O–H groups in total. The standard InChI is InChI=1S/C19H15NO5S/c1-19(2,3)18(22)25-12-8-4-6-10-14(12)17(21)11-7-5-9-13-15(11)16(10)20-26(13,23)24/h4-9H,1-3H3. The van der Waals surface area contributed by atoms with E-state index < -0.39 is 21.4 Å². The van der Waals surface area contributed by atoms with E-state index >= 15 is 0 Å². The summed E-state index contributed by atoms with van der Waals surface area (Å²) in [6, 6.07) is 9.25. The number of hydrogen-bond acceptors (Lipinski definition) is 5. The molecule has 2 aromatic carbocycles. The zero-order valence-electron chi connectivity index (χ0n) is 14.4. The van der Waals surface area contributed by atoms with Gasteiger partial charge in [-0.05, 0) is 32.9 Å². The second kappa shape index (κ2) is 5.11. The Hall–Kier alpha value is -2.80. The number of carbonyl (C=O) groups is 2. The van der Waals surface area contributed by atoms with Crippen molar-refractivity contribution in [2.45, 2.75) is 25.7 Å². The van der Waals surface area contributed by atoms with Crippen molar-refractivity contribution < 1.29 is 22.7 Å². The molecule has 4 rings (SSSR count). The van der Waals surface area contributed by atoms with Gasteiger partial charge in [-0.15, -0.1) is 0 Å². The minimum absolute atomic E-state index is 0.0288. The Morgan fingerprint density at radius 2 is 1.65 bits per heavy atom. The SMILES string of the molecule is CC(C)(C)C(=O)Oc1cccc2c1C(=O)c1cccc3c1C2=NS3(=O)=O. The van der Waals surface area contributed by atoms with E-state index in [0.717, 1.165) is 0 Å². The van der Waals surface area contributed by atoms with Crippen LogP contribution in [0.4, 0.5) is 0 Å². The molecule has 0 amide bonds.